The Morgan fingerprint density at radius 3 is 2.57 bits per heavy atom. The number of hydrogen-bond acceptors (Lipinski definition) is 1. The third-order valence-corrected chi connectivity index (χ3v) is 2.62. The standard InChI is InChI=1S/C11H11NO2/c1-7-8(2)12(11(13)14)10-6-4-3-5-9(7)10/h3-6H,1-2H3,(H,13,14). The van der Waals surface area contributed by atoms with E-state index < -0.39 is 6.09 Å². The van der Waals surface area contributed by atoms with Crippen molar-refractivity contribution in [1.29, 1.82) is 0 Å². The number of para-hydroxylation sites is 1. The summed E-state index contributed by atoms with van der Waals surface area (Å²) in [6.07, 6.45) is -0.924. The predicted molar refractivity (Wildman–Crippen MR) is 54.8 cm³/mol. The number of rotatable bonds is 0. The topological polar surface area (TPSA) is 42.2 Å². The van der Waals surface area contributed by atoms with Crippen LogP contribution in [0.1, 0.15) is 11.3 Å². The minimum atomic E-state index is -0.924. The van der Waals surface area contributed by atoms with E-state index >= 15 is 0 Å². The van der Waals surface area contributed by atoms with Crippen LogP contribution in [-0.4, -0.2) is 15.8 Å². The lowest BCUT2D eigenvalue weighted by molar-refractivity contribution is 0.197. The molecule has 0 bridgehead atoms. The zero-order valence-corrected chi connectivity index (χ0v) is 8.11. The van der Waals surface area contributed by atoms with Crippen LogP contribution in [0.3, 0.4) is 0 Å². The Bertz CT molecular complexity index is 511. The van der Waals surface area contributed by atoms with Crippen molar-refractivity contribution in [2.45, 2.75) is 13.8 Å². The number of carbonyl (C=O) groups is 1. The summed E-state index contributed by atoms with van der Waals surface area (Å²) >= 11 is 0. The molecule has 3 nitrogen and oxygen atoms in total. The number of aromatic nitrogens is 1. The van der Waals surface area contributed by atoms with E-state index in [1.807, 2.05) is 38.1 Å². The second-order valence-corrected chi connectivity index (χ2v) is 3.35. The second-order valence-electron chi connectivity index (χ2n) is 3.35. The molecule has 1 heterocycles. The summed E-state index contributed by atoms with van der Waals surface area (Å²) < 4.78 is 1.32. The van der Waals surface area contributed by atoms with Gasteiger partial charge in [-0.15, -0.1) is 0 Å². The van der Waals surface area contributed by atoms with Crippen molar-refractivity contribution in [1.82, 2.24) is 4.57 Å². The summed E-state index contributed by atoms with van der Waals surface area (Å²) in [5.41, 5.74) is 2.58. The number of hydrogen-bond donors (Lipinski definition) is 1. The van der Waals surface area contributed by atoms with Crippen LogP contribution >= 0.6 is 0 Å². The van der Waals surface area contributed by atoms with E-state index in [0.29, 0.717) is 0 Å². The number of aryl methyl sites for hydroxylation is 1. The van der Waals surface area contributed by atoms with Crippen LogP contribution < -0.4 is 0 Å². The molecule has 0 amide bonds. The molecule has 0 aliphatic rings. The van der Waals surface area contributed by atoms with Gasteiger partial charge < -0.3 is 5.11 Å². The van der Waals surface area contributed by atoms with Gasteiger partial charge in [0.15, 0.2) is 0 Å². The van der Waals surface area contributed by atoms with Gasteiger partial charge in [-0.25, -0.2) is 9.36 Å². The van der Waals surface area contributed by atoms with Crippen molar-refractivity contribution in [2.75, 3.05) is 0 Å². The first-order valence-corrected chi connectivity index (χ1v) is 4.43. The molecule has 1 N–H and O–H groups in total. The van der Waals surface area contributed by atoms with Crippen molar-refractivity contribution in [3.05, 3.63) is 35.5 Å². The van der Waals surface area contributed by atoms with E-state index in [0.717, 1.165) is 22.2 Å². The van der Waals surface area contributed by atoms with E-state index in [1.54, 1.807) is 0 Å². The van der Waals surface area contributed by atoms with Gasteiger partial charge in [-0.3, -0.25) is 0 Å². The van der Waals surface area contributed by atoms with Crippen molar-refractivity contribution >= 4 is 17.0 Å². The van der Waals surface area contributed by atoms with Gasteiger partial charge in [0.2, 0.25) is 0 Å². The molecule has 0 atom stereocenters. The highest BCUT2D eigenvalue weighted by Crippen LogP contribution is 2.24. The molecular weight excluding hydrogens is 178 g/mol. The fourth-order valence-electron chi connectivity index (χ4n) is 1.78. The highest BCUT2D eigenvalue weighted by Gasteiger charge is 2.13. The molecule has 0 saturated heterocycles. The van der Waals surface area contributed by atoms with Crippen molar-refractivity contribution in [2.24, 2.45) is 0 Å². The molecule has 0 fully saturated rings. The first kappa shape index (κ1) is 8.81. The summed E-state index contributed by atoms with van der Waals surface area (Å²) in [5.74, 6) is 0. The fourth-order valence-corrected chi connectivity index (χ4v) is 1.78. The Kier molecular flexibility index (Phi) is 1.81. The van der Waals surface area contributed by atoms with E-state index in [-0.39, 0.29) is 0 Å². The minimum absolute atomic E-state index is 0.759. The molecule has 0 aliphatic heterocycles. The van der Waals surface area contributed by atoms with E-state index in [2.05, 4.69) is 0 Å². The summed E-state index contributed by atoms with van der Waals surface area (Å²) in [5, 5.41) is 10.0. The van der Waals surface area contributed by atoms with Crippen molar-refractivity contribution in [3.63, 3.8) is 0 Å². The van der Waals surface area contributed by atoms with Crippen LogP contribution in [0.4, 0.5) is 4.79 Å². The zero-order valence-electron chi connectivity index (χ0n) is 8.11. The van der Waals surface area contributed by atoms with Gasteiger partial charge in [0, 0.05) is 11.1 Å². The number of carboxylic acid groups (broad SMARTS) is 1. The van der Waals surface area contributed by atoms with Gasteiger partial charge in [-0.05, 0) is 25.5 Å². The average molecular weight is 189 g/mol. The second kappa shape index (κ2) is 2.87. The van der Waals surface area contributed by atoms with Crippen molar-refractivity contribution in [3.8, 4) is 0 Å². The minimum Gasteiger partial charge on any atom is -0.464 e. The maximum absolute atomic E-state index is 11.0. The lowest BCUT2D eigenvalue weighted by Gasteiger charge is -1.99. The van der Waals surface area contributed by atoms with E-state index in [9.17, 15) is 4.79 Å². The fraction of sp³-hybridized carbons (Fsp3) is 0.182. The maximum Gasteiger partial charge on any atom is 0.416 e. The molecule has 0 saturated carbocycles. The molecule has 14 heavy (non-hydrogen) atoms. The molecule has 1 aromatic carbocycles. The van der Waals surface area contributed by atoms with Crippen LogP contribution in [0.2, 0.25) is 0 Å². The molecule has 3 heteroatoms. The molecule has 1 aromatic heterocycles. The first-order chi connectivity index (χ1) is 6.63. The first-order valence-electron chi connectivity index (χ1n) is 4.43. The van der Waals surface area contributed by atoms with Crippen LogP contribution in [-0.2, 0) is 0 Å². The molecule has 0 spiro atoms. The molecule has 2 aromatic rings. The average Bonchev–Trinajstić information content (AvgIpc) is 2.41. The highest BCUT2D eigenvalue weighted by atomic mass is 16.4. The Morgan fingerprint density at radius 2 is 1.93 bits per heavy atom. The molecule has 0 aliphatic carbocycles. The van der Waals surface area contributed by atoms with Crippen LogP contribution in [0, 0.1) is 13.8 Å². The Morgan fingerprint density at radius 1 is 1.29 bits per heavy atom. The van der Waals surface area contributed by atoms with E-state index in [4.69, 9.17) is 5.11 Å². The van der Waals surface area contributed by atoms with Crippen LogP contribution in [0.15, 0.2) is 24.3 Å². The molecule has 72 valence electrons. The third-order valence-electron chi connectivity index (χ3n) is 2.62. The van der Waals surface area contributed by atoms with Gasteiger partial charge in [-0.2, -0.15) is 0 Å². The Balaban J connectivity index is 2.95. The molecule has 2 rings (SSSR count). The van der Waals surface area contributed by atoms with Gasteiger partial charge in [0.1, 0.15) is 0 Å². The summed E-state index contributed by atoms with van der Waals surface area (Å²) in [6.45, 7) is 3.76. The Hall–Kier alpha value is -1.77. The van der Waals surface area contributed by atoms with Gasteiger partial charge in [-0.1, -0.05) is 18.2 Å². The number of nitrogens with zero attached hydrogens (tertiary/aromatic N) is 1. The smallest absolute Gasteiger partial charge is 0.416 e. The normalized spacial score (nSPS) is 10.7. The third kappa shape index (κ3) is 1.02. The monoisotopic (exact) mass is 189 g/mol. The number of benzene rings is 1. The van der Waals surface area contributed by atoms with Gasteiger partial charge >= 0.3 is 6.09 Å². The van der Waals surface area contributed by atoms with Crippen LogP contribution in [0.25, 0.3) is 10.9 Å². The predicted octanol–water partition coefficient (Wildman–Crippen LogP) is 2.78. The van der Waals surface area contributed by atoms with Crippen LogP contribution in [0.5, 0.6) is 0 Å². The molecule has 0 unspecified atom stereocenters. The summed E-state index contributed by atoms with van der Waals surface area (Å²) in [7, 11) is 0. The van der Waals surface area contributed by atoms with Crippen molar-refractivity contribution < 1.29 is 9.90 Å². The Labute approximate surface area is 81.6 Å². The van der Waals surface area contributed by atoms with Gasteiger partial charge in [0.25, 0.3) is 0 Å². The van der Waals surface area contributed by atoms with Gasteiger partial charge in [0.05, 0.1) is 5.52 Å². The largest absolute Gasteiger partial charge is 0.464 e. The number of fused-ring (bicyclic) bond motifs is 1. The summed E-state index contributed by atoms with van der Waals surface area (Å²) in [6, 6.07) is 7.53. The zero-order chi connectivity index (χ0) is 10.3. The maximum atomic E-state index is 11.0. The molecule has 0 radical (unpaired) electrons. The molecular formula is C11H11NO2. The van der Waals surface area contributed by atoms with E-state index in [1.165, 1.54) is 4.57 Å². The SMILES string of the molecule is Cc1c(C)n(C(=O)O)c2ccccc12. The lowest BCUT2D eigenvalue weighted by atomic mass is 10.2. The lowest BCUT2D eigenvalue weighted by Crippen LogP contribution is -2.09. The quantitative estimate of drug-likeness (QED) is 0.692. The summed E-state index contributed by atoms with van der Waals surface area (Å²) in [4.78, 5) is 11.0. The highest BCUT2D eigenvalue weighted by molar-refractivity contribution is 5.92.